The first kappa shape index (κ1) is 15.4. The van der Waals surface area contributed by atoms with E-state index in [1.807, 2.05) is 6.07 Å². The monoisotopic (exact) mass is 308 g/mol. The minimum Gasteiger partial charge on any atom is -0.466 e. The number of hydrogen-bond donors (Lipinski definition) is 3. The fraction of sp³-hybridized carbons (Fsp3) is 0.286. The number of methoxy groups -OCH3 is 1. The number of β-amino-alcohol motifs (C(OH)–C–C–N with tert-alkyl or cyclic N) is 1. The maximum absolute atomic E-state index is 12.3. The first-order valence-electron chi connectivity index (χ1n) is 6.35. The molecule has 0 radical (unpaired) electrons. The van der Waals surface area contributed by atoms with Gasteiger partial charge in [-0.25, -0.2) is 4.79 Å². The molecule has 1 heterocycles. The number of aliphatic hydroxyl groups excluding tert-OH is 1. The highest BCUT2D eigenvalue weighted by molar-refractivity contribution is 7.80. The van der Waals surface area contributed by atoms with Crippen molar-refractivity contribution in [1.82, 2.24) is 4.90 Å². The van der Waals surface area contributed by atoms with Gasteiger partial charge in [-0.3, -0.25) is 4.79 Å². The second-order valence-electron chi connectivity index (χ2n) is 4.44. The third-order valence-electron chi connectivity index (χ3n) is 3.12. The van der Waals surface area contributed by atoms with Crippen molar-refractivity contribution in [2.75, 3.05) is 32.1 Å². The molecule has 7 heteroatoms. The fourth-order valence-corrected chi connectivity index (χ4v) is 2.28. The summed E-state index contributed by atoms with van der Waals surface area (Å²) in [6.07, 6.45) is 0. The average Bonchev–Trinajstić information content (AvgIpc) is 2.78. The zero-order valence-electron chi connectivity index (χ0n) is 11.5. The number of aliphatic hydroxyl groups is 1. The van der Waals surface area contributed by atoms with Crippen molar-refractivity contribution in [1.29, 1.82) is 0 Å². The molecule has 0 fully saturated rings. The summed E-state index contributed by atoms with van der Waals surface area (Å²) in [6, 6.07) is 7.14. The van der Waals surface area contributed by atoms with Crippen LogP contribution in [-0.2, 0) is 14.3 Å². The van der Waals surface area contributed by atoms with Crippen LogP contribution >= 0.6 is 12.6 Å². The number of carbonyl (C=O) groups excluding carboxylic acids is 2. The number of carbonyl (C=O) groups is 2. The maximum atomic E-state index is 12.3. The van der Waals surface area contributed by atoms with Gasteiger partial charge in [-0.1, -0.05) is 12.1 Å². The molecule has 6 nitrogen and oxygen atoms in total. The number of anilines is 1. The molecule has 0 aromatic heterocycles. The molecule has 1 aromatic rings. The SMILES string of the molecule is COC(=O)C1=C(Nc2ccccc2S)C(=O)N(CCO)C1. The number of benzene rings is 1. The van der Waals surface area contributed by atoms with E-state index in [-0.39, 0.29) is 36.9 Å². The summed E-state index contributed by atoms with van der Waals surface area (Å²) < 4.78 is 4.71. The molecule has 1 amide bonds. The largest absolute Gasteiger partial charge is 0.466 e. The van der Waals surface area contributed by atoms with E-state index in [4.69, 9.17) is 9.84 Å². The van der Waals surface area contributed by atoms with Crippen LogP contribution in [0.2, 0.25) is 0 Å². The summed E-state index contributed by atoms with van der Waals surface area (Å²) in [6.45, 7) is 0.104. The Balaban J connectivity index is 2.33. The molecule has 0 saturated heterocycles. The summed E-state index contributed by atoms with van der Waals surface area (Å²) >= 11 is 4.30. The zero-order chi connectivity index (χ0) is 15.4. The van der Waals surface area contributed by atoms with Crippen LogP contribution in [0.3, 0.4) is 0 Å². The Morgan fingerprint density at radius 1 is 1.48 bits per heavy atom. The van der Waals surface area contributed by atoms with Crippen LogP contribution in [0.1, 0.15) is 0 Å². The summed E-state index contributed by atoms with van der Waals surface area (Å²) in [4.78, 5) is 26.2. The molecule has 21 heavy (non-hydrogen) atoms. The van der Waals surface area contributed by atoms with Gasteiger partial charge >= 0.3 is 5.97 Å². The molecular formula is C14H16N2O4S. The Bertz CT molecular complexity index is 600. The predicted molar refractivity (Wildman–Crippen MR) is 80.0 cm³/mol. The lowest BCUT2D eigenvalue weighted by Crippen LogP contribution is -2.31. The number of nitrogens with one attached hydrogen (secondary N) is 1. The second kappa shape index (κ2) is 6.64. The van der Waals surface area contributed by atoms with E-state index in [9.17, 15) is 9.59 Å². The van der Waals surface area contributed by atoms with E-state index in [1.54, 1.807) is 18.2 Å². The van der Waals surface area contributed by atoms with E-state index < -0.39 is 5.97 Å². The minimum atomic E-state index is -0.567. The van der Waals surface area contributed by atoms with E-state index in [1.165, 1.54) is 12.0 Å². The van der Waals surface area contributed by atoms with E-state index in [0.717, 1.165) is 0 Å². The average molecular weight is 308 g/mol. The van der Waals surface area contributed by atoms with Gasteiger partial charge < -0.3 is 20.1 Å². The summed E-state index contributed by atoms with van der Waals surface area (Å²) in [7, 11) is 1.26. The smallest absolute Gasteiger partial charge is 0.337 e. The molecule has 1 aromatic carbocycles. The molecule has 0 spiro atoms. The predicted octanol–water partition coefficient (Wildman–Crippen LogP) is 0.649. The van der Waals surface area contributed by atoms with Gasteiger partial charge in [0.05, 0.1) is 31.5 Å². The molecule has 1 aliphatic rings. The van der Waals surface area contributed by atoms with Crippen molar-refractivity contribution >= 4 is 30.2 Å². The molecule has 0 atom stereocenters. The Kier molecular flexibility index (Phi) is 4.87. The molecule has 0 bridgehead atoms. The van der Waals surface area contributed by atoms with Crippen LogP contribution in [0.25, 0.3) is 0 Å². The van der Waals surface area contributed by atoms with E-state index in [0.29, 0.717) is 10.6 Å². The van der Waals surface area contributed by atoms with Crippen LogP contribution in [-0.4, -0.2) is 48.7 Å². The van der Waals surface area contributed by atoms with Gasteiger partial charge in [-0.05, 0) is 12.1 Å². The third-order valence-corrected chi connectivity index (χ3v) is 3.51. The van der Waals surface area contributed by atoms with Gasteiger partial charge in [0.25, 0.3) is 5.91 Å². The Labute approximate surface area is 127 Å². The Morgan fingerprint density at radius 2 is 2.19 bits per heavy atom. The highest BCUT2D eigenvalue weighted by atomic mass is 32.1. The Hall–Kier alpha value is -1.99. The van der Waals surface area contributed by atoms with E-state index in [2.05, 4.69) is 17.9 Å². The lowest BCUT2D eigenvalue weighted by molar-refractivity contribution is -0.136. The van der Waals surface area contributed by atoms with Crippen molar-refractivity contribution in [2.45, 2.75) is 4.90 Å². The first-order chi connectivity index (χ1) is 10.1. The molecule has 1 aliphatic heterocycles. The van der Waals surface area contributed by atoms with Crippen molar-refractivity contribution in [2.24, 2.45) is 0 Å². The molecular weight excluding hydrogens is 292 g/mol. The lowest BCUT2D eigenvalue weighted by atomic mass is 10.2. The first-order valence-corrected chi connectivity index (χ1v) is 6.79. The van der Waals surface area contributed by atoms with Gasteiger partial charge in [0.1, 0.15) is 5.70 Å². The fourth-order valence-electron chi connectivity index (χ4n) is 2.06. The normalized spacial score (nSPS) is 14.6. The number of thiol groups is 1. The van der Waals surface area contributed by atoms with Crippen molar-refractivity contribution in [3.8, 4) is 0 Å². The van der Waals surface area contributed by atoms with Gasteiger partial charge in [0, 0.05) is 11.4 Å². The summed E-state index contributed by atoms with van der Waals surface area (Å²) in [5.41, 5.74) is 1.03. The van der Waals surface area contributed by atoms with Crippen LogP contribution in [0.4, 0.5) is 5.69 Å². The van der Waals surface area contributed by atoms with Gasteiger partial charge in [-0.15, -0.1) is 12.6 Å². The topological polar surface area (TPSA) is 78.9 Å². The number of esters is 1. The molecule has 0 saturated carbocycles. The third kappa shape index (κ3) is 3.20. The van der Waals surface area contributed by atoms with Crippen molar-refractivity contribution in [3.05, 3.63) is 35.5 Å². The number of hydrogen-bond acceptors (Lipinski definition) is 6. The lowest BCUT2D eigenvalue weighted by Gasteiger charge is -2.15. The zero-order valence-corrected chi connectivity index (χ0v) is 12.4. The number of para-hydroxylation sites is 1. The van der Waals surface area contributed by atoms with Crippen LogP contribution in [0.5, 0.6) is 0 Å². The van der Waals surface area contributed by atoms with E-state index >= 15 is 0 Å². The van der Waals surface area contributed by atoms with Crippen LogP contribution < -0.4 is 5.32 Å². The number of amides is 1. The van der Waals surface area contributed by atoms with Crippen LogP contribution in [0.15, 0.2) is 40.4 Å². The van der Waals surface area contributed by atoms with Crippen LogP contribution in [0, 0.1) is 0 Å². The van der Waals surface area contributed by atoms with Gasteiger partial charge in [-0.2, -0.15) is 0 Å². The summed E-state index contributed by atoms with van der Waals surface area (Å²) in [5.74, 6) is -0.913. The molecule has 2 N–H and O–H groups in total. The standard InChI is InChI=1S/C14H16N2O4S/c1-20-14(19)9-8-16(6-7-17)13(18)12(9)15-10-4-2-3-5-11(10)21/h2-5,15,17,21H,6-8H2,1H3. The quantitative estimate of drug-likeness (QED) is 0.550. The molecule has 0 unspecified atom stereocenters. The number of rotatable bonds is 5. The van der Waals surface area contributed by atoms with Crippen molar-refractivity contribution < 1.29 is 19.4 Å². The molecule has 112 valence electrons. The summed E-state index contributed by atoms with van der Waals surface area (Å²) in [5, 5.41) is 11.9. The van der Waals surface area contributed by atoms with Crippen molar-refractivity contribution in [3.63, 3.8) is 0 Å². The number of ether oxygens (including phenoxy) is 1. The Morgan fingerprint density at radius 3 is 2.81 bits per heavy atom. The highest BCUT2D eigenvalue weighted by Gasteiger charge is 2.34. The number of nitrogens with zero attached hydrogens (tertiary/aromatic N) is 1. The van der Waals surface area contributed by atoms with Gasteiger partial charge in [0.15, 0.2) is 0 Å². The molecule has 0 aliphatic carbocycles. The highest BCUT2D eigenvalue weighted by Crippen LogP contribution is 2.26. The van der Waals surface area contributed by atoms with Gasteiger partial charge in [0.2, 0.25) is 0 Å². The second-order valence-corrected chi connectivity index (χ2v) is 4.92. The maximum Gasteiger partial charge on any atom is 0.337 e. The minimum absolute atomic E-state index is 0.114. The molecule has 2 rings (SSSR count).